The zero-order valence-corrected chi connectivity index (χ0v) is 21.6. The van der Waals surface area contributed by atoms with Crippen molar-refractivity contribution in [1.29, 1.82) is 0 Å². The highest BCUT2D eigenvalue weighted by Gasteiger charge is 2.33. The molecule has 5 rings (SSSR count). The number of rotatable bonds is 6. The van der Waals surface area contributed by atoms with Gasteiger partial charge in [-0.05, 0) is 58.9 Å². The smallest absolute Gasteiger partial charge is 0.371 e. The van der Waals surface area contributed by atoms with Gasteiger partial charge in [-0.3, -0.25) is 9.30 Å². The predicted octanol–water partition coefficient (Wildman–Crippen LogP) is 7.16. The molecule has 36 heavy (non-hydrogen) atoms. The maximum Gasteiger partial charge on any atom is 0.416 e. The highest BCUT2D eigenvalue weighted by Crippen LogP contribution is 2.33. The number of benzene rings is 2. The normalized spacial score (nSPS) is 17.0. The Hall–Kier alpha value is -2.62. The molecule has 2 aromatic heterocycles. The second kappa shape index (κ2) is 10.4. The van der Waals surface area contributed by atoms with E-state index in [9.17, 15) is 13.2 Å². The van der Waals surface area contributed by atoms with Crippen molar-refractivity contribution >= 4 is 39.0 Å². The Balaban J connectivity index is 1.33. The summed E-state index contributed by atoms with van der Waals surface area (Å²) >= 11 is 9.90. The number of fused-ring (bicyclic) bond motifs is 1. The number of imidazole rings is 1. The van der Waals surface area contributed by atoms with Gasteiger partial charge in [0.15, 0.2) is 10.3 Å². The summed E-state index contributed by atoms with van der Waals surface area (Å²) < 4.78 is 42.8. The molecule has 1 aliphatic rings. The summed E-state index contributed by atoms with van der Waals surface area (Å²) in [7, 11) is 0. The number of halogens is 5. The molecule has 1 N–H and O–H groups in total. The summed E-state index contributed by atoms with van der Waals surface area (Å²) in [6, 6.07) is 15.3. The van der Waals surface area contributed by atoms with E-state index in [-0.39, 0.29) is 12.5 Å². The molecule has 2 aromatic carbocycles. The number of nitrogens with zero attached hydrogens (tertiary/aromatic N) is 4. The molecule has 10 heteroatoms. The second-order valence-corrected chi connectivity index (χ2v) is 10.2. The summed E-state index contributed by atoms with van der Waals surface area (Å²) in [4.78, 5) is 11.2. The van der Waals surface area contributed by atoms with Crippen molar-refractivity contribution in [1.82, 2.24) is 19.3 Å². The molecule has 5 nitrogen and oxygen atoms in total. The van der Waals surface area contributed by atoms with Crippen LogP contribution in [0.15, 0.2) is 65.5 Å². The van der Waals surface area contributed by atoms with Crippen LogP contribution in [0.4, 0.5) is 19.0 Å². The molecule has 0 amide bonds. The lowest BCUT2D eigenvalue weighted by molar-refractivity contribution is -0.138. The van der Waals surface area contributed by atoms with Crippen molar-refractivity contribution < 1.29 is 13.2 Å². The number of alkyl halides is 3. The van der Waals surface area contributed by atoms with E-state index in [1.807, 2.05) is 34.7 Å². The van der Waals surface area contributed by atoms with E-state index in [0.29, 0.717) is 27.4 Å². The Morgan fingerprint density at radius 1 is 1.11 bits per heavy atom. The van der Waals surface area contributed by atoms with Crippen molar-refractivity contribution in [2.45, 2.75) is 25.6 Å². The molecule has 0 radical (unpaired) electrons. The summed E-state index contributed by atoms with van der Waals surface area (Å²) in [5.41, 5.74) is 1.99. The molecular weight excluding hydrogens is 555 g/mol. The fourth-order valence-electron chi connectivity index (χ4n) is 4.77. The van der Waals surface area contributed by atoms with Crippen LogP contribution in [-0.2, 0) is 12.7 Å². The third-order valence-corrected chi connectivity index (χ3v) is 7.39. The standard InChI is InChI=1S/C26H24BrClF3N5/c27-24-25-34-22(19-8-2-4-10-21(19)28)12-23(36(25)16-33-24)32-13-17-6-5-11-35(14-17)15-18-7-1-3-9-20(18)26(29,30)31/h1-4,7-10,12,16-17,32H,5-6,11,13-15H2. The molecule has 0 bridgehead atoms. The Morgan fingerprint density at radius 2 is 1.89 bits per heavy atom. The lowest BCUT2D eigenvalue weighted by Gasteiger charge is -2.33. The number of hydrogen-bond donors (Lipinski definition) is 1. The van der Waals surface area contributed by atoms with Gasteiger partial charge in [0.25, 0.3) is 0 Å². The van der Waals surface area contributed by atoms with E-state index in [0.717, 1.165) is 49.1 Å². The third kappa shape index (κ3) is 5.38. The topological polar surface area (TPSA) is 45.5 Å². The van der Waals surface area contributed by atoms with Crippen molar-refractivity contribution in [2.24, 2.45) is 5.92 Å². The molecule has 4 aromatic rings. The van der Waals surface area contributed by atoms with Gasteiger partial charge >= 0.3 is 6.18 Å². The van der Waals surface area contributed by atoms with E-state index in [4.69, 9.17) is 16.6 Å². The first-order valence-electron chi connectivity index (χ1n) is 11.7. The van der Waals surface area contributed by atoms with Crippen LogP contribution in [0.25, 0.3) is 16.9 Å². The van der Waals surface area contributed by atoms with Gasteiger partial charge in [-0.1, -0.05) is 48.0 Å². The average Bonchev–Trinajstić information content (AvgIpc) is 3.23. The number of hydrogen-bond acceptors (Lipinski definition) is 4. The maximum absolute atomic E-state index is 13.4. The minimum Gasteiger partial charge on any atom is -0.371 e. The minimum atomic E-state index is -4.35. The van der Waals surface area contributed by atoms with Crippen LogP contribution in [0, 0.1) is 5.92 Å². The quantitative estimate of drug-likeness (QED) is 0.264. The Labute approximate surface area is 220 Å². The van der Waals surface area contributed by atoms with Gasteiger partial charge < -0.3 is 5.32 Å². The van der Waals surface area contributed by atoms with E-state index in [2.05, 4.69) is 31.1 Å². The van der Waals surface area contributed by atoms with Crippen LogP contribution in [-0.4, -0.2) is 38.9 Å². The SMILES string of the molecule is FC(F)(F)c1ccccc1CN1CCCC(CNc2cc(-c3ccccc3Cl)nc3c(Br)ncn23)C1. The predicted molar refractivity (Wildman–Crippen MR) is 139 cm³/mol. The van der Waals surface area contributed by atoms with Gasteiger partial charge in [-0.25, -0.2) is 9.97 Å². The van der Waals surface area contributed by atoms with Gasteiger partial charge in [0, 0.05) is 36.3 Å². The first kappa shape index (κ1) is 25.0. The van der Waals surface area contributed by atoms with Crippen LogP contribution in [0.2, 0.25) is 5.02 Å². The summed E-state index contributed by atoms with van der Waals surface area (Å²) in [5, 5.41) is 4.14. The average molecular weight is 579 g/mol. The molecule has 0 aliphatic carbocycles. The van der Waals surface area contributed by atoms with Crippen molar-refractivity contribution in [3.63, 3.8) is 0 Å². The first-order valence-corrected chi connectivity index (χ1v) is 12.9. The van der Waals surface area contributed by atoms with Crippen LogP contribution < -0.4 is 5.32 Å². The minimum absolute atomic E-state index is 0.288. The van der Waals surface area contributed by atoms with Crippen LogP contribution in [0.3, 0.4) is 0 Å². The molecule has 1 fully saturated rings. The van der Waals surface area contributed by atoms with Gasteiger partial charge in [0.1, 0.15) is 12.1 Å². The highest BCUT2D eigenvalue weighted by atomic mass is 79.9. The first-order chi connectivity index (χ1) is 17.3. The monoisotopic (exact) mass is 577 g/mol. The molecule has 3 heterocycles. The molecule has 1 unspecified atom stereocenters. The second-order valence-electron chi connectivity index (χ2n) is 9.01. The molecule has 1 aliphatic heterocycles. The van der Waals surface area contributed by atoms with E-state index < -0.39 is 11.7 Å². The largest absolute Gasteiger partial charge is 0.416 e. The van der Waals surface area contributed by atoms with E-state index >= 15 is 0 Å². The number of piperidine rings is 1. The van der Waals surface area contributed by atoms with Gasteiger partial charge in [-0.15, -0.1) is 0 Å². The fourth-order valence-corrected chi connectivity index (χ4v) is 5.37. The molecular formula is C26H24BrClF3N5. The van der Waals surface area contributed by atoms with Gasteiger partial charge in [0.2, 0.25) is 0 Å². The zero-order chi connectivity index (χ0) is 25.3. The Kier molecular flexibility index (Phi) is 7.23. The summed E-state index contributed by atoms with van der Waals surface area (Å²) in [6.45, 7) is 2.47. The number of anilines is 1. The highest BCUT2D eigenvalue weighted by molar-refractivity contribution is 9.10. The van der Waals surface area contributed by atoms with Crippen molar-refractivity contribution in [3.05, 3.63) is 81.7 Å². The van der Waals surface area contributed by atoms with Crippen LogP contribution >= 0.6 is 27.5 Å². The lowest BCUT2D eigenvalue weighted by Crippen LogP contribution is -2.38. The number of aromatic nitrogens is 3. The lowest BCUT2D eigenvalue weighted by atomic mass is 9.96. The summed E-state index contributed by atoms with van der Waals surface area (Å²) in [6.07, 6.45) is -0.706. The van der Waals surface area contributed by atoms with Gasteiger partial charge in [-0.2, -0.15) is 13.2 Å². The van der Waals surface area contributed by atoms with E-state index in [1.54, 1.807) is 18.5 Å². The maximum atomic E-state index is 13.4. The molecule has 1 saturated heterocycles. The number of likely N-dealkylation sites (tertiary alicyclic amines) is 1. The zero-order valence-electron chi connectivity index (χ0n) is 19.3. The Bertz CT molecular complexity index is 1370. The molecule has 0 saturated carbocycles. The van der Waals surface area contributed by atoms with Crippen molar-refractivity contribution in [2.75, 3.05) is 25.0 Å². The van der Waals surface area contributed by atoms with Crippen LogP contribution in [0.1, 0.15) is 24.0 Å². The molecule has 0 spiro atoms. The molecule has 188 valence electrons. The van der Waals surface area contributed by atoms with Gasteiger partial charge in [0.05, 0.1) is 11.3 Å². The third-order valence-electron chi connectivity index (χ3n) is 6.50. The number of nitrogens with one attached hydrogen (secondary N) is 1. The molecule has 1 atom stereocenters. The van der Waals surface area contributed by atoms with E-state index in [1.165, 1.54) is 6.07 Å². The van der Waals surface area contributed by atoms with Crippen LogP contribution in [0.5, 0.6) is 0 Å². The van der Waals surface area contributed by atoms with Crippen molar-refractivity contribution in [3.8, 4) is 11.3 Å². The summed E-state index contributed by atoms with van der Waals surface area (Å²) in [5.74, 6) is 1.11. The Morgan fingerprint density at radius 3 is 2.69 bits per heavy atom. The fraction of sp³-hybridized carbons (Fsp3) is 0.308.